The van der Waals surface area contributed by atoms with Crippen LogP contribution in [0.5, 0.6) is 0 Å². The predicted octanol–water partition coefficient (Wildman–Crippen LogP) is 1.70. The van der Waals surface area contributed by atoms with E-state index in [0.29, 0.717) is 6.04 Å². The second kappa shape index (κ2) is 7.42. The Morgan fingerprint density at radius 2 is 2.36 bits per heavy atom. The molecule has 2 N–H and O–H groups in total. The third kappa shape index (κ3) is 3.79. The molecule has 0 saturated carbocycles. The molecule has 3 rings (SSSR count). The van der Waals surface area contributed by atoms with E-state index in [9.17, 15) is 0 Å². The van der Waals surface area contributed by atoms with Crippen molar-refractivity contribution in [2.75, 3.05) is 37.4 Å². The highest BCUT2D eigenvalue weighted by Gasteiger charge is 2.29. The Bertz CT molecular complexity index is 595. The molecule has 1 unspecified atom stereocenters. The molecule has 0 bridgehead atoms. The number of guanidine groups is 1. The van der Waals surface area contributed by atoms with Gasteiger partial charge in [0.15, 0.2) is 0 Å². The molecule has 2 aliphatic heterocycles. The summed E-state index contributed by atoms with van der Waals surface area (Å²) in [6, 6.07) is 8.40. The van der Waals surface area contributed by atoms with Crippen molar-refractivity contribution < 1.29 is 4.74 Å². The molecule has 7 heteroatoms. The van der Waals surface area contributed by atoms with Gasteiger partial charge >= 0.3 is 11.1 Å². The third-order valence-electron chi connectivity index (χ3n) is 3.58. The molecule has 2 aliphatic rings. The quantitative estimate of drug-likeness (QED) is 0.439. The van der Waals surface area contributed by atoms with E-state index < -0.39 is 0 Å². The second-order valence-electron chi connectivity index (χ2n) is 5.24. The van der Waals surface area contributed by atoms with Crippen molar-refractivity contribution >= 4 is 44.5 Å². The maximum Gasteiger partial charge on any atom is 0.403 e. The summed E-state index contributed by atoms with van der Waals surface area (Å²) in [6.07, 6.45) is 0. The highest BCUT2D eigenvalue weighted by molar-refractivity contribution is 9.10. The summed E-state index contributed by atoms with van der Waals surface area (Å²) in [6.45, 7) is 5.44. The van der Waals surface area contributed by atoms with Crippen LogP contribution in [0.4, 0.5) is 5.69 Å². The zero-order valence-corrected chi connectivity index (χ0v) is 14.9. The second-order valence-corrected chi connectivity index (χ2v) is 7.18. The van der Waals surface area contributed by atoms with Gasteiger partial charge in [0.2, 0.25) is 0 Å². The molecule has 0 amide bonds. The first kappa shape index (κ1) is 15.7. The summed E-state index contributed by atoms with van der Waals surface area (Å²) in [5.41, 5.74) is 1.02. The molecular weight excluding hydrogens is 364 g/mol. The number of rotatable bonds is 1. The Morgan fingerprint density at radius 3 is 3.09 bits per heavy atom. The monoisotopic (exact) mass is 383 g/mol. The van der Waals surface area contributed by atoms with Crippen LogP contribution >= 0.6 is 27.7 Å². The molecule has 1 atom stereocenters. The lowest BCUT2D eigenvalue weighted by atomic mass is 10.2. The Morgan fingerprint density at radius 1 is 1.50 bits per heavy atom. The van der Waals surface area contributed by atoms with Gasteiger partial charge in [0.1, 0.15) is 0 Å². The summed E-state index contributed by atoms with van der Waals surface area (Å²) in [7, 11) is 0. The van der Waals surface area contributed by atoms with Crippen LogP contribution in [0, 0.1) is 0 Å². The van der Waals surface area contributed by atoms with Crippen molar-refractivity contribution in [2.45, 2.75) is 13.0 Å². The minimum absolute atomic E-state index is 0.300. The number of benzene rings is 1. The molecule has 0 spiro atoms. The first-order valence-electron chi connectivity index (χ1n) is 7.42. The largest absolute Gasteiger partial charge is 0.403 e. The van der Waals surface area contributed by atoms with Crippen LogP contribution in [0.3, 0.4) is 0 Å². The Hall–Kier alpha value is -1.14. The fraction of sp³-hybridized carbons (Fsp3) is 0.467. The lowest BCUT2D eigenvalue weighted by molar-refractivity contribution is 0.0331. The highest BCUT2D eigenvalue weighted by Crippen LogP contribution is 2.22. The molecule has 118 valence electrons. The van der Waals surface area contributed by atoms with Gasteiger partial charge in [-0.2, -0.15) is 0 Å². The minimum atomic E-state index is 0.300. The minimum Gasteiger partial charge on any atom is -0.375 e. The number of morpholine rings is 1. The first-order chi connectivity index (χ1) is 10.7. The molecule has 2 fully saturated rings. The van der Waals surface area contributed by atoms with Gasteiger partial charge in [-0.05, 0) is 46.7 Å². The molecule has 2 saturated heterocycles. The van der Waals surface area contributed by atoms with Gasteiger partial charge < -0.3 is 10.1 Å². The fourth-order valence-corrected chi connectivity index (χ4v) is 3.55. The van der Waals surface area contributed by atoms with E-state index in [4.69, 9.17) is 9.40 Å². The normalized spacial score (nSPS) is 21.3. The van der Waals surface area contributed by atoms with Gasteiger partial charge in [0, 0.05) is 5.75 Å². The van der Waals surface area contributed by atoms with E-state index in [1.54, 1.807) is 11.8 Å². The van der Waals surface area contributed by atoms with Crippen molar-refractivity contribution in [3.63, 3.8) is 0 Å². The zero-order chi connectivity index (χ0) is 15.4. The number of thioether (sulfide) groups is 1. The van der Waals surface area contributed by atoms with Gasteiger partial charge in [-0.1, -0.05) is 12.1 Å². The van der Waals surface area contributed by atoms with Gasteiger partial charge in [-0.3, -0.25) is 10.2 Å². The van der Waals surface area contributed by atoms with Crippen LogP contribution < -0.4 is 15.3 Å². The Labute approximate surface area is 143 Å². The van der Waals surface area contributed by atoms with Crippen LogP contribution in [0.25, 0.3) is 0 Å². The molecular formula is C15H20BrN4OS+. The number of para-hydroxylation sites is 1. The number of ether oxygens (including phenoxy) is 1. The van der Waals surface area contributed by atoms with Crippen LogP contribution in [0.15, 0.2) is 28.7 Å². The molecule has 1 aromatic rings. The fourth-order valence-electron chi connectivity index (χ4n) is 2.41. The number of amidine groups is 1. The molecule has 0 radical (unpaired) electrons. The molecule has 1 aromatic carbocycles. The maximum absolute atomic E-state index is 5.54. The van der Waals surface area contributed by atoms with Crippen molar-refractivity contribution in [1.29, 1.82) is 0 Å². The third-order valence-corrected chi connectivity index (χ3v) is 5.19. The lowest BCUT2D eigenvalue weighted by Crippen LogP contribution is -2.51. The van der Waals surface area contributed by atoms with E-state index in [2.05, 4.69) is 38.4 Å². The Balaban J connectivity index is 1.92. The van der Waals surface area contributed by atoms with E-state index in [0.717, 1.165) is 53.3 Å². The van der Waals surface area contributed by atoms with Crippen LogP contribution in [-0.4, -0.2) is 54.1 Å². The summed E-state index contributed by atoms with van der Waals surface area (Å²) in [4.78, 5) is 2.27. The summed E-state index contributed by atoms with van der Waals surface area (Å²) < 4.78 is 11.4. The molecule has 0 aromatic heterocycles. The number of nitrogens with zero attached hydrogens (tertiary/aromatic N) is 2. The predicted molar refractivity (Wildman–Crippen MR) is 97.4 cm³/mol. The molecule has 2 heterocycles. The van der Waals surface area contributed by atoms with E-state index in [-0.39, 0.29) is 0 Å². The van der Waals surface area contributed by atoms with Crippen LogP contribution in [-0.2, 0) is 4.74 Å². The van der Waals surface area contributed by atoms with Gasteiger partial charge in [0.05, 0.1) is 42.5 Å². The summed E-state index contributed by atoms with van der Waals surface area (Å²) >= 11 is 5.35. The van der Waals surface area contributed by atoms with Gasteiger partial charge in [-0.25, -0.2) is 4.67 Å². The van der Waals surface area contributed by atoms with E-state index in [1.165, 1.54) is 0 Å². The Kier molecular flexibility index (Phi) is 5.31. The molecule has 0 aliphatic carbocycles. The van der Waals surface area contributed by atoms with Crippen LogP contribution in [0.1, 0.15) is 6.92 Å². The zero-order valence-electron chi connectivity index (χ0n) is 12.5. The van der Waals surface area contributed by atoms with E-state index in [1.807, 2.05) is 24.3 Å². The van der Waals surface area contributed by atoms with Gasteiger partial charge in [-0.15, -0.1) is 0 Å². The van der Waals surface area contributed by atoms with Crippen molar-refractivity contribution in [3.8, 4) is 0 Å². The first-order valence-corrected chi connectivity index (χ1v) is 9.20. The highest BCUT2D eigenvalue weighted by atomic mass is 79.9. The topological polar surface area (TPSA) is 50.6 Å². The van der Waals surface area contributed by atoms with E-state index >= 15 is 0 Å². The van der Waals surface area contributed by atoms with Gasteiger partial charge in [0.25, 0.3) is 0 Å². The lowest BCUT2D eigenvalue weighted by Gasteiger charge is -2.30. The number of nitrogens with one attached hydrogen (secondary N) is 2. The van der Waals surface area contributed by atoms with Crippen LogP contribution in [0.2, 0.25) is 0 Å². The summed E-state index contributed by atoms with van der Waals surface area (Å²) in [5.74, 6) is 1.94. The summed E-state index contributed by atoms with van der Waals surface area (Å²) in [5, 5.41) is 7.78. The number of hydrogen-bond acceptors (Lipinski definition) is 2. The maximum atomic E-state index is 5.54. The number of hydrogen-bond donors (Lipinski definition) is 2. The smallest absolute Gasteiger partial charge is 0.375 e. The van der Waals surface area contributed by atoms with Crippen molar-refractivity contribution in [3.05, 3.63) is 28.7 Å². The van der Waals surface area contributed by atoms with Crippen molar-refractivity contribution in [1.82, 2.24) is 14.9 Å². The average molecular weight is 384 g/mol. The average Bonchev–Trinajstić information content (AvgIpc) is 3.02. The molecule has 5 nitrogen and oxygen atoms in total. The van der Waals surface area contributed by atoms with Crippen molar-refractivity contribution in [2.24, 2.45) is 0 Å². The SMILES string of the molecule is CC1COCCN1C(=[N+]=C1NCCS1)Nc1ccccc1Br. The number of halogens is 1. The molecule has 22 heavy (non-hydrogen) atoms. The standard InChI is InChI=1S/C15H19BrN4OS/c1-11-10-21-8-7-20(11)14(19-15-17-6-9-22-15)18-13-5-3-2-4-12(13)16/h2-5,11H,6-10H2,1H3,(H,17,18,19)/p+1. The number of anilines is 1.